The van der Waals surface area contributed by atoms with Gasteiger partial charge in [0, 0.05) is 5.75 Å². The number of amidine groups is 1. The van der Waals surface area contributed by atoms with E-state index in [9.17, 15) is 8.42 Å². The van der Waals surface area contributed by atoms with Gasteiger partial charge < -0.3 is 16.2 Å². The summed E-state index contributed by atoms with van der Waals surface area (Å²) in [5, 5.41) is 12.3. The van der Waals surface area contributed by atoms with E-state index in [1.807, 2.05) is 0 Å². The van der Waals surface area contributed by atoms with Crippen LogP contribution in [0.3, 0.4) is 0 Å². The van der Waals surface area contributed by atoms with Crippen molar-refractivity contribution in [2.45, 2.75) is 4.90 Å². The smallest absolute Gasteiger partial charge is 0.238 e. The van der Waals surface area contributed by atoms with Crippen LogP contribution in [-0.4, -0.2) is 31.9 Å². The molecule has 0 amide bonds. The van der Waals surface area contributed by atoms with Gasteiger partial charge in [-0.15, -0.1) is 0 Å². The van der Waals surface area contributed by atoms with Crippen LogP contribution >= 0.6 is 11.8 Å². The number of nitrogens with two attached hydrogens (primary N) is 3. The summed E-state index contributed by atoms with van der Waals surface area (Å²) in [5.74, 6) is 0.820. The van der Waals surface area contributed by atoms with Crippen LogP contribution in [0.4, 0.5) is 0 Å². The van der Waals surface area contributed by atoms with E-state index >= 15 is 0 Å². The van der Waals surface area contributed by atoms with Gasteiger partial charge in [-0.2, -0.15) is 4.99 Å². The third kappa shape index (κ3) is 5.91. The van der Waals surface area contributed by atoms with Gasteiger partial charge in [0.1, 0.15) is 5.75 Å². The molecule has 1 rings (SSSR count). The van der Waals surface area contributed by atoms with Gasteiger partial charge in [0.15, 0.2) is 11.1 Å². The van der Waals surface area contributed by atoms with E-state index in [1.54, 1.807) is 0 Å². The van der Waals surface area contributed by atoms with Crippen LogP contribution in [0.25, 0.3) is 0 Å². The first-order valence-electron chi connectivity index (χ1n) is 5.35. The second kappa shape index (κ2) is 7.12. The van der Waals surface area contributed by atoms with Crippen molar-refractivity contribution in [3.8, 4) is 5.75 Å². The fourth-order valence-electron chi connectivity index (χ4n) is 1.17. The molecule has 0 heterocycles. The summed E-state index contributed by atoms with van der Waals surface area (Å²) in [6.07, 6.45) is 0. The van der Waals surface area contributed by atoms with Crippen LogP contribution < -0.4 is 21.3 Å². The highest BCUT2D eigenvalue weighted by Crippen LogP contribution is 2.15. The van der Waals surface area contributed by atoms with Crippen LogP contribution in [0.15, 0.2) is 34.2 Å². The van der Waals surface area contributed by atoms with E-state index < -0.39 is 10.0 Å². The summed E-state index contributed by atoms with van der Waals surface area (Å²) < 4.78 is 27.5. The molecule has 8 nitrogen and oxygen atoms in total. The van der Waals surface area contributed by atoms with E-state index in [0.29, 0.717) is 18.1 Å². The number of nitrogens with zero attached hydrogens (tertiary/aromatic N) is 1. The lowest BCUT2D eigenvalue weighted by atomic mass is 10.3. The lowest BCUT2D eigenvalue weighted by Gasteiger charge is -2.06. The first kappa shape index (κ1) is 16.3. The van der Waals surface area contributed by atoms with Crippen molar-refractivity contribution < 1.29 is 13.2 Å². The van der Waals surface area contributed by atoms with E-state index in [-0.39, 0.29) is 16.0 Å². The number of aliphatic imine (C=N–C) groups is 1. The molecule has 0 aliphatic rings. The molecule has 110 valence electrons. The Morgan fingerprint density at radius 3 is 2.40 bits per heavy atom. The van der Waals surface area contributed by atoms with E-state index in [0.717, 1.165) is 11.8 Å². The van der Waals surface area contributed by atoms with Crippen molar-refractivity contribution in [1.29, 1.82) is 5.41 Å². The molecule has 0 radical (unpaired) electrons. The minimum absolute atomic E-state index is 0.00169. The van der Waals surface area contributed by atoms with E-state index in [4.69, 9.17) is 26.8 Å². The molecule has 0 aliphatic carbocycles. The molecule has 0 aromatic heterocycles. The van der Waals surface area contributed by atoms with Crippen LogP contribution in [0.5, 0.6) is 5.75 Å². The molecule has 1 aromatic rings. The summed E-state index contributed by atoms with van der Waals surface area (Å²) in [5.41, 5.74) is 10.2. The summed E-state index contributed by atoms with van der Waals surface area (Å²) in [7, 11) is -3.69. The molecule has 10 heteroatoms. The van der Waals surface area contributed by atoms with Crippen LogP contribution in [0, 0.1) is 5.41 Å². The zero-order chi connectivity index (χ0) is 15.2. The Morgan fingerprint density at radius 2 is 1.90 bits per heavy atom. The maximum absolute atomic E-state index is 11.0. The molecule has 0 bridgehead atoms. The topological polar surface area (TPSA) is 158 Å². The minimum atomic E-state index is -3.69. The standard InChI is InChI=1S/C10H15N5O3S2/c11-9(12)15-10(13)19-6-5-18-7-1-3-8(4-2-7)20(14,16)17/h1-4H,5-6H2,(H2,14,16,17)(H5,11,12,13,15). The first-order chi connectivity index (χ1) is 9.29. The second-order valence-electron chi connectivity index (χ2n) is 3.56. The summed E-state index contributed by atoms with van der Waals surface area (Å²) in [6.45, 7) is 0.321. The number of benzene rings is 1. The fraction of sp³-hybridized carbons (Fsp3) is 0.200. The fourth-order valence-corrected chi connectivity index (χ4v) is 2.22. The lowest BCUT2D eigenvalue weighted by molar-refractivity contribution is 0.344. The molecule has 0 aliphatic heterocycles. The number of hydrogen-bond acceptors (Lipinski definition) is 5. The largest absolute Gasteiger partial charge is 0.493 e. The zero-order valence-corrected chi connectivity index (χ0v) is 12.1. The first-order valence-corrected chi connectivity index (χ1v) is 7.89. The SMILES string of the molecule is N=C(N=C(N)N)SCCOc1ccc(S(N)(=O)=O)cc1. The van der Waals surface area contributed by atoms with Crippen LogP contribution in [-0.2, 0) is 10.0 Å². The van der Waals surface area contributed by atoms with Gasteiger partial charge in [-0.05, 0) is 24.3 Å². The number of thioether (sulfide) groups is 1. The Bertz CT molecular complexity index is 594. The van der Waals surface area contributed by atoms with Gasteiger partial charge in [-0.3, -0.25) is 5.41 Å². The number of guanidine groups is 1. The van der Waals surface area contributed by atoms with E-state index in [2.05, 4.69) is 4.99 Å². The molecule has 0 atom stereocenters. The van der Waals surface area contributed by atoms with Gasteiger partial charge in [0.2, 0.25) is 10.0 Å². The van der Waals surface area contributed by atoms with E-state index in [1.165, 1.54) is 24.3 Å². The van der Waals surface area contributed by atoms with Crippen molar-refractivity contribution >= 4 is 32.9 Å². The summed E-state index contributed by atoms with van der Waals surface area (Å²) in [4.78, 5) is 3.56. The van der Waals surface area contributed by atoms with Crippen LogP contribution in [0.1, 0.15) is 0 Å². The minimum Gasteiger partial charge on any atom is -0.493 e. The monoisotopic (exact) mass is 317 g/mol. The number of nitrogens with one attached hydrogen (secondary N) is 1. The Balaban J connectivity index is 2.40. The van der Waals surface area contributed by atoms with Crippen molar-refractivity contribution in [2.75, 3.05) is 12.4 Å². The normalized spacial score (nSPS) is 10.8. The van der Waals surface area contributed by atoms with Gasteiger partial charge >= 0.3 is 0 Å². The van der Waals surface area contributed by atoms with Gasteiger partial charge in [-0.1, -0.05) is 11.8 Å². The Hall–Kier alpha value is -1.78. The van der Waals surface area contributed by atoms with Gasteiger partial charge in [0.05, 0.1) is 11.5 Å². The molecule has 0 spiro atoms. The lowest BCUT2D eigenvalue weighted by Crippen LogP contribution is -2.23. The molecule has 0 saturated heterocycles. The average molecular weight is 317 g/mol. The molecule has 0 unspecified atom stereocenters. The molecule has 0 fully saturated rings. The van der Waals surface area contributed by atoms with Crippen molar-refractivity contribution in [3.05, 3.63) is 24.3 Å². The number of primary sulfonamides is 1. The Labute approximate surface area is 120 Å². The summed E-state index contributed by atoms with van der Waals surface area (Å²) in [6, 6.07) is 5.73. The third-order valence-corrected chi connectivity index (χ3v) is 3.64. The number of rotatable bonds is 5. The van der Waals surface area contributed by atoms with Crippen molar-refractivity contribution in [2.24, 2.45) is 21.6 Å². The quantitative estimate of drug-likeness (QED) is 0.330. The highest BCUT2D eigenvalue weighted by molar-refractivity contribution is 8.13. The highest BCUT2D eigenvalue weighted by Gasteiger charge is 2.06. The second-order valence-corrected chi connectivity index (χ2v) is 6.20. The molecule has 0 saturated carbocycles. The zero-order valence-electron chi connectivity index (χ0n) is 10.4. The van der Waals surface area contributed by atoms with Gasteiger partial charge in [-0.25, -0.2) is 13.6 Å². The maximum Gasteiger partial charge on any atom is 0.238 e. The Morgan fingerprint density at radius 1 is 1.30 bits per heavy atom. The molecular weight excluding hydrogens is 302 g/mol. The number of ether oxygens (including phenoxy) is 1. The van der Waals surface area contributed by atoms with Gasteiger partial charge in [0.25, 0.3) is 0 Å². The van der Waals surface area contributed by atoms with Crippen molar-refractivity contribution in [3.63, 3.8) is 0 Å². The maximum atomic E-state index is 11.0. The highest BCUT2D eigenvalue weighted by atomic mass is 32.2. The Kier molecular flexibility index (Phi) is 5.80. The molecule has 20 heavy (non-hydrogen) atoms. The number of sulfonamides is 1. The third-order valence-electron chi connectivity index (χ3n) is 1.97. The van der Waals surface area contributed by atoms with Crippen LogP contribution in [0.2, 0.25) is 0 Å². The van der Waals surface area contributed by atoms with Crippen molar-refractivity contribution in [1.82, 2.24) is 0 Å². The predicted molar refractivity (Wildman–Crippen MR) is 79.3 cm³/mol. The molecular formula is C10H15N5O3S2. The molecule has 7 N–H and O–H groups in total. The number of hydrogen-bond donors (Lipinski definition) is 4. The average Bonchev–Trinajstić information content (AvgIpc) is 2.33. The molecule has 1 aromatic carbocycles. The summed E-state index contributed by atoms with van der Waals surface area (Å²) >= 11 is 1.13. The predicted octanol–water partition coefficient (Wildman–Crippen LogP) is -0.346.